The SMILES string of the molecule is CN(C)c1cccc(CCC(=O)N2CCCCC2CNC(N)=O)c1. The topological polar surface area (TPSA) is 78.7 Å². The van der Waals surface area contributed by atoms with Crippen LogP contribution in [0.4, 0.5) is 10.5 Å². The molecule has 3 N–H and O–H groups in total. The first-order chi connectivity index (χ1) is 11.5. The number of carbonyl (C=O) groups is 2. The van der Waals surface area contributed by atoms with Crippen LogP contribution in [0.1, 0.15) is 31.2 Å². The van der Waals surface area contributed by atoms with E-state index >= 15 is 0 Å². The third-order valence-electron chi connectivity index (χ3n) is 4.51. The van der Waals surface area contributed by atoms with Gasteiger partial charge >= 0.3 is 6.03 Å². The highest BCUT2D eigenvalue weighted by molar-refractivity contribution is 5.77. The fourth-order valence-electron chi connectivity index (χ4n) is 3.14. The zero-order valence-electron chi connectivity index (χ0n) is 14.6. The highest BCUT2D eigenvalue weighted by Crippen LogP contribution is 2.19. The van der Waals surface area contributed by atoms with E-state index in [2.05, 4.69) is 28.4 Å². The zero-order chi connectivity index (χ0) is 17.5. The maximum Gasteiger partial charge on any atom is 0.312 e. The molecule has 0 spiro atoms. The van der Waals surface area contributed by atoms with Crippen molar-refractivity contribution in [1.29, 1.82) is 0 Å². The van der Waals surface area contributed by atoms with E-state index in [1.807, 2.05) is 25.1 Å². The summed E-state index contributed by atoms with van der Waals surface area (Å²) < 4.78 is 0. The molecule has 1 fully saturated rings. The lowest BCUT2D eigenvalue weighted by molar-refractivity contribution is -0.134. The van der Waals surface area contributed by atoms with Crippen molar-refractivity contribution in [3.8, 4) is 0 Å². The van der Waals surface area contributed by atoms with Crippen LogP contribution in [0, 0.1) is 0 Å². The summed E-state index contributed by atoms with van der Waals surface area (Å²) in [6.07, 6.45) is 4.24. The van der Waals surface area contributed by atoms with Crippen molar-refractivity contribution >= 4 is 17.6 Å². The van der Waals surface area contributed by atoms with Gasteiger partial charge in [-0.25, -0.2) is 4.79 Å². The molecule has 0 saturated carbocycles. The molecule has 2 rings (SSSR count). The number of piperidine rings is 1. The number of rotatable bonds is 6. The number of anilines is 1. The van der Waals surface area contributed by atoms with E-state index in [4.69, 9.17) is 5.73 Å². The van der Waals surface area contributed by atoms with Crippen LogP contribution >= 0.6 is 0 Å². The zero-order valence-corrected chi connectivity index (χ0v) is 14.6. The minimum absolute atomic E-state index is 0.0619. The first kappa shape index (κ1) is 18.1. The number of amides is 3. The molecule has 132 valence electrons. The monoisotopic (exact) mass is 332 g/mol. The van der Waals surface area contributed by atoms with Crippen molar-refractivity contribution in [2.24, 2.45) is 5.73 Å². The van der Waals surface area contributed by atoms with Crippen LogP contribution < -0.4 is 16.0 Å². The van der Waals surface area contributed by atoms with Crippen molar-refractivity contribution in [3.63, 3.8) is 0 Å². The van der Waals surface area contributed by atoms with Gasteiger partial charge in [-0.3, -0.25) is 4.79 Å². The van der Waals surface area contributed by atoms with Gasteiger partial charge in [0.15, 0.2) is 0 Å². The first-order valence-corrected chi connectivity index (χ1v) is 8.56. The molecule has 24 heavy (non-hydrogen) atoms. The number of urea groups is 1. The van der Waals surface area contributed by atoms with Crippen molar-refractivity contribution < 1.29 is 9.59 Å². The molecule has 1 heterocycles. The summed E-state index contributed by atoms with van der Waals surface area (Å²) in [7, 11) is 4.02. The van der Waals surface area contributed by atoms with Crippen LogP contribution in [-0.2, 0) is 11.2 Å². The van der Waals surface area contributed by atoms with Gasteiger partial charge in [0.2, 0.25) is 5.91 Å². The molecular weight excluding hydrogens is 304 g/mol. The minimum atomic E-state index is -0.534. The van der Waals surface area contributed by atoms with Gasteiger partial charge in [-0.2, -0.15) is 0 Å². The first-order valence-electron chi connectivity index (χ1n) is 8.56. The number of primary amides is 1. The van der Waals surface area contributed by atoms with Gasteiger partial charge in [0.25, 0.3) is 0 Å². The highest BCUT2D eigenvalue weighted by atomic mass is 16.2. The Bertz CT molecular complexity index is 574. The van der Waals surface area contributed by atoms with Gasteiger partial charge in [-0.15, -0.1) is 0 Å². The van der Waals surface area contributed by atoms with Crippen LogP contribution in [0.5, 0.6) is 0 Å². The van der Waals surface area contributed by atoms with E-state index in [1.54, 1.807) is 0 Å². The van der Waals surface area contributed by atoms with E-state index in [1.165, 1.54) is 5.56 Å². The number of carbonyl (C=O) groups excluding carboxylic acids is 2. The van der Waals surface area contributed by atoms with Crippen molar-refractivity contribution in [3.05, 3.63) is 29.8 Å². The molecule has 6 nitrogen and oxygen atoms in total. The predicted molar refractivity (Wildman–Crippen MR) is 96.0 cm³/mol. The Hall–Kier alpha value is -2.24. The largest absolute Gasteiger partial charge is 0.378 e. The average molecular weight is 332 g/mol. The number of hydrogen-bond acceptors (Lipinski definition) is 3. The Kier molecular flexibility index (Phi) is 6.46. The van der Waals surface area contributed by atoms with Crippen LogP contribution in [-0.4, -0.2) is 50.1 Å². The summed E-state index contributed by atoms with van der Waals surface area (Å²) in [5.74, 6) is 0.154. The molecule has 1 saturated heterocycles. The number of nitrogens with two attached hydrogens (primary N) is 1. The molecule has 1 atom stereocenters. The normalized spacial score (nSPS) is 17.4. The Morgan fingerprint density at radius 2 is 2.12 bits per heavy atom. The second kappa shape index (κ2) is 8.57. The van der Waals surface area contributed by atoms with Crippen molar-refractivity contribution in [2.75, 3.05) is 32.1 Å². The molecule has 1 unspecified atom stereocenters. The van der Waals surface area contributed by atoms with E-state index < -0.39 is 6.03 Å². The number of nitrogens with one attached hydrogen (secondary N) is 1. The van der Waals surface area contributed by atoms with Gasteiger partial charge in [0.1, 0.15) is 0 Å². The number of benzene rings is 1. The maximum atomic E-state index is 12.6. The third kappa shape index (κ3) is 5.15. The Morgan fingerprint density at radius 1 is 1.33 bits per heavy atom. The molecule has 0 aromatic heterocycles. The second-order valence-electron chi connectivity index (χ2n) is 6.55. The Labute approximate surface area is 144 Å². The minimum Gasteiger partial charge on any atom is -0.378 e. The fourth-order valence-corrected chi connectivity index (χ4v) is 3.14. The molecule has 1 aliphatic rings. The highest BCUT2D eigenvalue weighted by Gasteiger charge is 2.26. The van der Waals surface area contributed by atoms with E-state index in [0.29, 0.717) is 13.0 Å². The molecule has 6 heteroatoms. The number of nitrogens with zero attached hydrogens (tertiary/aromatic N) is 2. The lowest BCUT2D eigenvalue weighted by Gasteiger charge is -2.36. The summed E-state index contributed by atoms with van der Waals surface area (Å²) in [6.45, 7) is 1.21. The summed E-state index contributed by atoms with van der Waals surface area (Å²) in [6, 6.07) is 7.79. The predicted octanol–water partition coefficient (Wildman–Crippen LogP) is 1.73. The lowest BCUT2D eigenvalue weighted by Crippen LogP contribution is -2.50. The standard InChI is InChI=1S/C18H28N4O2/c1-21(2)15-8-5-6-14(12-15)9-10-17(23)22-11-4-3-7-16(22)13-20-18(19)24/h5-6,8,12,16H,3-4,7,9-11,13H2,1-2H3,(H3,19,20,24). The quantitative estimate of drug-likeness (QED) is 0.833. The van der Waals surface area contributed by atoms with Gasteiger partial charge in [0.05, 0.1) is 0 Å². The maximum absolute atomic E-state index is 12.6. The fraction of sp³-hybridized carbons (Fsp3) is 0.556. The van der Waals surface area contributed by atoms with Crippen molar-refractivity contribution in [1.82, 2.24) is 10.2 Å². The van der Waals surface area contributed by atoms with Crippen LogP contribution in [0.3, 0.4) is 0 Å². The summed E-state index contributed by atoms with van der Waals surface area (Å²) >= 11 is 0. The molecular formula is C18H28N4O2. The molecule has 1 aromatic carbocycles. The second-order valence-corrected chi connectivity index (χ2v) is 6.55. The molecule has 1 aliphatic heterocycles. The molecule has 0 radical (unpaired) electrons. The van der Waals surface area contributed by atoms with E-state index in [9.17, 15) is 9.59 Å². The summed E-state index contributed by atoms with van der Waals surface area (Å²) in [5.41, 5.74) is 7.45. The Morgan fingerprint density at radius 3 is 2.83 bits per heavy atom. The van der Waals surface area contributed by atoms with E-state index in [0.717, 1.165) is 37.9 Å². The van der Waals surface area contributed by atoms with Crippen molar-refractivity contribution in [2.45, 2.75) is 38.1 Å². The lowest BCUT2D eigenvalue weighted by atomic mass is 10.0. The molecule has 1 aromatic rings. The molecule has 3 amide bonds. The summed E-state index contributed by atoms with van der Waals surface area (Å²) in [5, 5.41) is 2.63. The third-order valence-corrected chi connectivity index (χ3v) is 4.51. The summed E-state index contributed by atoms with van der Waals surface area (Å²) in [4.78, 5) is 27.5. The van der Waals surface area contributed by atoms with Crippen LogP contribution in [0.15, 0.2) is 24.3 Å². The number of hydrogen-bond donors (Lipinski definition) is 2. The van der Waals surface area contributed by atoms with Gasteiger partial charge in [-0.1, -0.05) is 12.1 Å². The molecule has 0 bridgehead atoms. The van der Waals surface area contributed by atoms with Crippen LogP contribution in [0.25, 0.3) is 0 Å². The smallest absolute Gasteiger partial charge is 0.312 e. The molecule has 0 aliphatic carbocycles. The number of likely N-dealkylation sites (tertiary alicyclic amines) is 1. The average Bonchev–Trinajstić information content (AvgIpc) is 2.58. The number of aryl methyl sites for hydroxylation is 1. The van der Waals surface area contributed by atoms with Gasteiger partial charge < -0.3 is 20.9 Å². The van der Waals surface area contributed by atoms with E-state index in [-0.39, 0.29) is 11.9 Å². The Balaban J connectivity index is 1.92. The van der Waals surface area contributed by atoms with Crippen LogP contribution in [0.2, 0.25) is 0 Å². The van der Waals surface area contributed by atoms with Gasteiger partial charge in [-0.05, 0) is 43.4 Å². The van der Waals surface area contributed by atoms with Gasteiger partial charge in [0, 0.05) is 45.3 Å².